The Morgan fingerprint density at radius 1 is 1.38 bits per heavy atom. The highest BCUT2D eigenvalue weighted by Crippen LogP contribution is 2.33. The maximum absolute atomic E-state index is 4.28. The molecule has 0 aliphatic carbocycles. The van der Waals surface area contributed by atoms with Gasteiger partial charge in [-0.2, -0.15) is 0 Å². The van der Waals surface area contributed by atoms with E-state index in [1.54, 1.807) is 11.8 Å². The van der Waals surface area contributed by atoms with Gasteiger partial charge >= 0.3 is 0 Å². The zero-order valence-corrected chi connectivity index (χ0v) is 10.2. The number of aromatic nitrogens is 3. The second-order valence-corrected chi connectivity index (χ2v) is 5.62. The molecule has 16 heavy (non-hydrogen) atoms. The van der Waals surface area contributed by atoms with Crippen LogP contribution in [0.25, 0.3) is 11.4 Å². The van der Waals surface area contributed by atoms with Crippen molar-refractivity contribution in [1.82, 2.24) is 14.8 Å². The lowest BCUT2D eigenvalue weighted by Gasteiger charge is -2.04. The third-order valence-electron chi connectivity index (χ3n) is 2.74. The van der Waals surface area contributed by atoms with Crippen molar-refractivity contribution >= 4 is 11.8 Å². The molecule has 2 aromatic rings. The van der Waals surface area contributed by atoms with Crippen molar-refractivity contribution in [2.24, 2.45) is 0 Å². The van der Waals surface area contributed by atoms with Crippen LogP contribution < -0.4 is 0 Å². The summed E-state index contributed by atoms with van der Waals surface area (Å²) in [6.07, 6.45) is 0. The van der Waals surface area contributed by atoms with Crippen molar-refractivity contribution in [3.63, 3.8) is 0 Å². The summed E-state index contributed by atoms with van der Waals surface area (Å²) in [4.78, 5) is 0. The predicted octanol–water partition coefficient (Wildman–Crippen LogP) is 2.75. The molecule has 2 heterocycles. The fourth-order valence-corrected chi connectivity index (χ4v) is 2.97. The summed E-state index contributed by atoms with van der Waals surface area (Å²) in [7, 11) is 0. The molecule has 0 spiro atoms. The van der Waals surface area contributed by atoms with Crippen molar-refractivity contribution in [3.8, 4) is 11.4 Å². The Labute approximate surface area is 98.9 Å². The van der Waals surface area contributed by atoms with Crippen LogP contribution in [0, 0.1) is 6.92 Å². The molecule has 0 N–H and O–H groups in total. The van der Waals surface area contributed by atoms with Crippen LogP contribution in [0.15, 0.2) is 29.4 Å². The van der Waals surface area contributed by atoms with Gasteiger partial charge in [-0.15, -0.1) is 10.2 Å². The van der Waals surface area contributed by atoms with Gasteiger partial charge in [0.2, 0.25) is 0 Å². The third kappa shape index (κ3) is 1.53. The van der Waals surface area contributed by atoms with Crippen LogP contribution in [0.5, 0.6) is 0 Å². The van der Waals surface area contributed by atoms with Crippen LogP contribution in [0.1, 0.15) is 12.5 Å². The van der Waals surface area contributed by atoms with Crippen molar-refractivity contribution in [3.05, 3.63) is 29.8 Å². The number of benzene rings is 1. The average Bonchev–Trinajstić information content (AvgIpc) is 2.76. The van der Waals surface area contributed by atoms with Gasteiger partial charge in [0.05, 0.1) is 0 Å². The van der Waals surface area contributed by atoms with Gasteiger partial charge in [-0.25, -0.2) is 0 Å². The summed E-state index contributed by atoms with van der Waals surface area (Å²) in [5.74, 6) is 0.996. The Hall–Kier alpha value is -1.29. The first-order valence-electron chi connectivity index (χ1n) is 5.41. The molecule has 1 atom stereocenters. The summed E-state index contributed by atoms with van der Waals surface area (Å²) < 4.78 is 2.21. The molecular formula is C12H13N3S. The number of hydrogen-bond acceptors (Lipinski definition) is 3. The van der Waals surface area contributed by atoms with Crippen LogP contribution in [-0.4, -0.2) is 20.0 Å². The molecule has 0 saturated carbocycles. The predicted molar refractivity (Wildman–Crippen MR) is 65.5 cm³/mol. The summed E-state index contributed by atoms with van der Waals surface area (Å²) >= 11 is 1.80. The van der Waals surface area contributed by atoms with Crippen LogP contribution in [0.2, 0.25) is 0 Å². The Morgan fingerprint density at radius 3 is 3.06 bits per heavy atom. The molecule has 4 heteroatoms. The van der Waals surface area contributed by atoms with Gasteiger partial charge in [-0.1, -0.05) is 42.4 Å². The first-order chi connectivity index (χ1) is 7.74. The Morgan fingerprint density at radius 2 is 2.25 bits per heavy atom. The minimum atomic E-state index is 0.606. The SMILES string of the molecule is Cc1cccc(-c2nnc3n2CC(C)S3)c1. The number of hydrogen-bond donors (Lipinski definition) is 0. The third-order valence-corrected chi connectivity index (χ3v) is 3.80. The minimum Gasteiger partial charge on any atom is -0.301 e. The fourth-order valence-electron chi connectivity index (χ4n) is 2.01. The number of thioether (sulfide) groups is 1. The highest BCUT2D eigenvalue weighted by atomic mass is 32.2. The molecule has 0 amide bonds. The molecule has 82 valence electrons. The van der Waals surface area contributed by atoms with Gasteiger partial charge in [-0.05, 0) is 13.0 Å². The highest BCUT2D eigenvalue weighted by Gasteiger charge is 2.24. The molecule has 1 aliphatic heterocycles. The van der Waals surface area contributed by atoms with E-state index in [0.717, 1.165) is 23.1 Å². The topological polar surface area (TPSA) is 30.7 Å². The standard InChI is InChI=1S/C12H13N3S/c1-8-4-3-5-10(6-8)11-13-14-12-15(11)7-9(2)16-12/h3-6,9H,7H2,1-2H3. The van der Waals surface area contributed by atoms with Crippen molar-refractivity contribution < 1.29 is 0 Å². The van der Waals surface area contributed by atoms with E-state index in [1.165, 1.54) is 5.56 Å². The van der Waals surface area contributed by atoms with Crippen LogP contribution in [-0.2, 0) is 6.54 Å². The van der Waals surface area contributed by atoms with Gasteiger partial charge in [0.25, 0.3) is 0 Å². The molecule has 0 saturated heterocycles. The van der Waals surface area contributed by atoms with Crippen molar-refractivity contribution in [2.75, 3.05) is 0 Å². The molecule has 3 nitrogen and oxygen atoms in total. The second-order valence-electron chi connectivity index (χ2n) is 4.21. The van der Waals surface area contributed by atoms with Crippen molar-refractivity contribution in [2.45, 2.75) is 30.8 Å². The van der Waals surface area contributed by atoms with E-state index in [2.05, 4.69) is 52.9 Å². The minimum absolute atomic E-state index is 0.606. The molecule has 0 radical (unpaired) electrons. The quantitative estimate of drug-likeness (QED) is 0.756. The van der Waals surface area contributed by atoms with E-state index in [0.29, 0.717) is 5.25 Å². The molecule has 1 unspecified atom stereocenters. The van der Waals surface area contributed by atoms with E-state index in [1.807, 2.05) is 0 Å². The lowest BCUT2D eigenvalue weighted by atomic mass is 10.1. The van der Waals surface area contributed by atoms with E-state index in [4.69, 9.17) is 0 Å². The number of aryl methyl sites for hydroxylation is 1. The number of rotatable bonds is 1. The van der Waals surface area contributed by atoms with Crippen LogP contribution >= 0.6 is 11.8 Å². The van der Waals surface area contributed by atoms with E-state index in [9.17, 15) is 0 Å². The van der Waals surface area contributed by atoms with Gasteiger partial charge in [0.1, 0.15) is 0 Å². The number of nitrogens with zero attached hydrogens (tertiary/aromatic N) is 3. The smallest absolute Gasteiger partial charge is 0.191 e. The van der Waals surface area contributed by atoms with E-state index in [-0.39, 0.29) is 0 Å². The Balaban J connectivity index is 2.08. The Bertz CT molecular complexity index is 533. The second kappa shape index (κ2) is 3.63. The molecule has 0 fully saturated rings. The maximum atomic E-state index is 4.28. The van der Waals surface area contributed by atoms with E-state index >= 15 is 0 Å². The fraction of sp³-hybridized carbons (Fsp3) is 0.333. The Kier molecular flexibility index (Phi) is 2.24. The summed E-state index contributed by atoms with van der Waals surface area (Å²) in [6.45, 7) is 5.33. The summed E-state index contributed by atoms with van der Waals surface area (Å²) in [5.41, 5.74) is 2.42. The largest absolute Gasteiger partial charge is 0.301 e. The normalized spacial score (nSPS) is 18.8. The maximum Gasteiger partial charge on any atom is 0.191 e. The van der Waals surface area contributed by atoms with Gasteiger partial charge in [-0.3, -0.25) is 0 Å². The highest BCUT2D eigenvalue weighted by molar-refractivity contribution is 7.99. The molecular weight excluding hydrogens is 218 g/mol. The zero-order chi connectivity index (χ0) is 11.1. The van der Waals surface area contributed by atoms with E-state index < -0.39 is 0 Å². The summed E-state index contributed by atoms with van der Waals surface area (Å²) in [6, 6.07) is 8.42. The summed E-state index contributed by atoms with van der Waals surface area (Å²) in [5, 5.41) is 10.2. The van der Waals surface area contributed by atoms with Gasteiger partial charge in [0, 0.05) is 17.4 Å². The van der Waals surface area contributed by atoms with Gasteiger partial charge in [0.15, 0.2) is 11.0 Å². The molecule has 1 aromatic heterocycles. The first-order valence-corrected chi connectivity index (χ1v) is 6.29. The average molecular weight is 231 g/mol. The number of fused-ring (bicyclic) bond motifs is 1. The molecule has 0 bridgehead atoms. The molecule has 3 rings (SSSR count). The zero-order valence-electron chi connectivity index (χ0n) is 9.34. The van der Waals surface area contributed by atoms with Crippen molar-refractivity contribution in [1.29, 1.82) is 0 Å². The first kappa shape index (κ1) is 9.90. The van der Waals surface area contributed by atoms with Gasteiger partial charge < -0.3 is 4.57 Å². The monoisotopic (exact) mass is 231 g/mol. The van der Waals surface area contributed by atoms with Crippen LogP contribution in [0.4, 0.5) is 0 Å². The molecule has 1 aliphatic rings. The molecule has 1 aromatic carbocycles. The van der Waals surface area contributed by atoms with Crippen LogP contribution in [0.3, 0.4) is 0 Å². The lowest BCUT2D eigenvalue weighted by molar-refractivity contribution is 0.675. The lowest BCUT2D eigenvalue weighted by Crippen LogP contribution is -2.02.